The van der Waals surface area contributed by atoms with Gasteiger partial charge in [-0.25, -0.2) is 0 Å². The maximum absolute atomic E-state index is 13.4. The van der Waals surface area contributed by atoms with Gasteiger partial charge in [-0.05, 0) is 19.3 Å². The molecule has 0 rings (SSSR count). The van der Waals surface area contributed by atoms with E-state index >= 15 is 0 Å². The highest BCUT2D eigenvalue weighted by atomic mass is 32.2. The second-order valence-corrected chi connectivity index (χ2v) is 20.9. The molecule has 1 unspecified atom stereocenters. The number of nitrogens with two attached hydrogens (primary N) is 1. The molecule has 5 nitrogen and oxygen atoms in total. The molecular weight excluding hydrogens is 759 g/mol. The second-order valence-electron chi connectivity index (χ2n) is 19.5. The number of thioether (sulfide) groups is 1. The highest BCUT2D eigenvalue weighted by Gasteiger charge is 2.53. The third-order valence-electron chi connectivity index (χ3n) is 13.8. The van der Waals surface area contributed by atoms with Gasteiger partial charge < -0.3 is 21.1 Å². The number of carboxylic acid groups (broad SMARTS) is 1. The van der Waals surface area contributed by atoms with E-state index in [-0.39, 0.29) is 6.61 Å². The zero-order valence-electron chi connectivity index (χ0n) is 41.0. The fourth-order valence-electron chi connectivity index (χ4n) is 9.49. The average Bonchev–Trinajstić information content (AvgIpc) is 3.25. The summed E-state index contributed by atoms with van der Waals surface area (Å²) in [6, 6.07) is 0. The first-order valence-corrected chi connectivity index (χ1v) is 28.3. The van der Waals surface area contributed by atoms with Gasteiger partial charge in [-0.2, -0.15) is 0 Å². The SMILES string of the molecule is CCCCCCCCCCCCCCCCC(CCCCCCCCCCCCCCCC)(SCC(O)CO)[C@@](N)(CCCCCCCCCCCCCCCC)C(=O)O. The number of hydrogen-bond donors (Lipinski definition) is 4. The summed E-state index contributed by atoms with van der Waals surface area (Å²) in [4.78, 5) is 13.4. The number of carbonyl (C=O) groups is 1. The molecule has 360 valence electrons. The lowest BCUT2D eigenvalue weighted by molar-refractivity contribution is -0.145. The van der Waals surface area contributed by atoms with Crippen LogP contribution >= 0.6 is 11.8 Å². The van der Waals surface area contributed by atoms with Gasteiger partial charge in [0.25, 0.3) is 0 Å². The minimum absolute atomic E-state index is 0.301. The van der Waals surface area contributed by atoms with Gasteiger partial charge in [0.1, 0.15) is 5.54 Å². The predicted octanol–water partition coefficient (Wildman–Crippen LogP) is 17.2. The van der Waals surface area contributed by atoms with E-state index in [0.29, 0.717) is 12.2 Å². The van der Waals surface area contributed by atoms with E-state index in [0.717, 1.165) is 57.8 Å². The standard InChI is InChI=1S/C54H109NO4S/c1-4-7-10-13-16-19-22-25-28-31-34-37-40-43-46-53(60-50-51(57)49-56,47-44-41-38-35-32-29-26-23-20-17-14-11-8-5-2)54(55,52(58)59)48-45-42-39-36-33-30-27-24-21-18-15-12-9-6-3/h51,56-57H,4-50,55H2,1-3H3,(H,58,59)/t51?,54-/m1/s1. The van der Waals surface area contributed by atoms with E-state index in [2.05, 4.69) is 20.8 Å². The van der Waals surface area contributed by atoms with E-state index in [1.54, 1.807) is 11.8 Å². The molecule has 0 heterocycles. The molecule has 0 aliphatic heterocycles. The van der Waals surface area contributed by atoms with Crippen LogP contribution in [0, 0.1) is 0 Å². The Balaban J connectivity index is 5.18. The summed E-state index contributed by atoms with van der Waals surface area (Å²) >= 11 is 1.58. The first-order chi connectivity index (χ1) is 29.3. The molecule has 0 aromatic rings. The van der Waals surface area contributed by atoms with Crippen LogP contribution in [0.15, 0.2) is 0 Å². The molecule has 5 N–H and O–H groups in total. The number of aliphatic hydroxyl groups excluding tert-OH is 2. The molecule has 0 saturated heterocycles. The molecule has 0 aliphatic rings. The van der Waals surface area contributed by atoms with Crippen LogP contribution in [0.4, 0.5) is 0 Å². The lowest BCUT2D eigenvalue weighted by Crippen LogP contribution is -2.64. The Morgan fingerprint density at radius 2 is 0.633 bits per heavy atom. The normalized spacial score (nSPS) is 13.6. The second kappa shape index (κ2) is 45.3. The molecule has 2 atom stereocenters. The molecule has 60 heavy (non-hydrogen) atoms. The van der Waals surface area contributed by atoms with Crippen LogP contribution in [0.3, 0.4) is 0 Å². The van der Waals surface area contributed by atoms with E-state index in [4.69, 9.17) is 5.73 Å². The first kappa shape index (κ1) is 59.7. The van der Waals surface area contributed by atoms with Crippen molar-refractivity contribution in [3.63, 3.8) is 0 Å². The number of aliphatic hydroxyl groups is 2. The van der Waals surface area contributed by atoms with Gasteiger partial charge in [0.05, 0.1) is 12.7 Å². The molecule has 0 radical (unpaired) electrons. The van der Waals surface area contributed by atoms with Crippen molar-refractivity contribution >= 4 is 17.7 Å². The average molecular weight is 869 g/mol. The Hall–Kier alpha value is -0.300. The highest BCUT2D eigenvalue weighted by Crippen LogP contribution is 2.47. The fraction of sp³-hybridized carbons (Fsp3) is 0.981. The number of aliphatic carboxylic acids is 1. The summed E-state index contributed by atoms with van der Waals surface area (Å²) in [5, 5.41) is 31.3. The predicted molar refractivity (Wildman–Crippen MR) is 268 cm³/mol. The van der Waals surface area contributed by atoms with Crippen molar-refractivity contribution in [1.29, 1.82) is 0 Å². The van der Waals surface area contributed by atoms with Crippen molar-refractivity contribution in [2.45, 2.75) is 326 Å². The van der Waals surface area contributed by atoms with Crippen LogP contribution in [0.25, 0.3) is 0 Å². The van der Waals surface area contributed by atoms with Crippen LogP contribution in [-0.2, 0) is 4.79 Å². The third kappa shape index (κ3) is 34.2. The van der Waals surface area contributed by atoms with Gasteiger partial charge in [-0.15, -0.1) is 11.8 Å². The summed E-state index contributed by atoms with van der Waals surface area (Å²) in [6.45, 7) is 6.54. The fourth-order valence-corrected chi connectivity index (χ4v) is 11.1. The molecule has 0 aliphatic carbocycles. The smallest absolute Gasteiger partial charge is 0.325 e. The van der Waals surface area contributed by atoms with Gasteiger partial charge in [-0.3, -0.25) is 4.79 Å². The van der Waals surface area contributed by atoms with Gasteiger partial charge in [0, 0.05) is 10.5 Å². The van der Waals surface area contributed by atoms with Gasteiger partial charge in [0.15, 0.2) is 0 Å². The van der Waals surface area contributed by atoms with Crippen LogP contribution in [0.1, 0.15) is 310 Å². The molecule has 0 aromatic heterocycles. The molecule has 0 bridgehead atoms. The van der Waals surface area contributed by atoms with Crippen molar-refractivity contribution in [1.82, 2.24) is 0 Å². The Labute approximate surface area is 380 Å². The topological polar surface area (TPSA) is 104 Å². The molecule has 0 spiro atoms. The van der Waals surface area contributed by atoms with Crippen LogP contribution in [0.5, 0.6) is 0 Å². The Kier molecular flexibility index (Phi) is 45.0. The quantitative estimate of drug-likeness (QED) is 0.0454. The third-order valence-corrected chi connectivity index (χ3v) is 15.6. The van der Waals surface area contributed by atoms with Crippen molar-refractivity contribution < 1.29 is 20.1 Å². The van der Waals surface area contributed by atoms with E-state index in [1.165, 1.54) is 225 Å². The Morgan fingerprint density at radius 1 is 0.417 bits per heavy atom. The molecule has 0 amide bonds. The molecular formula is C54H109NO4S. The largest absolute Gasteiger partial charge is 0.480 e. The van der Waals surface area contributed by atoms with E-state index in [1.807, 2.05) is 0 Å². The van der Waals surface area contributed by atoms with Crippen molar-refractivity contribution in [3.05, 3.63) is 0 Å². The van der Waals surface area contributed by atoms with E-state index in [9.17, 15) is 20.1 Å². The summed E-state index contributed by atoms with van der Waals surface area (Å²) in [5.74, 6) is -0.544. The summed E-state index contributed by atoms with van der Waals surface area (Å²) in [5.41, 5.74) is 5.89. The summed E-state index contributed by atoms with van der Waals surface area (Å²) in [7, 11) is 0. The summed E-state index contributed by atoms with van der Waals surface area (Å²) < 4.78 is -0.653. The first-order valence-electron chi connectivity index (χ1n) is 27.3. The maximum Gasteiger partial charge on any atom is 0.325 e. The van der Waals surface area contributed by atoms with Gasteiger partial charge in [0.2, 0.25) is 0 Å². The van der Waals surface area contributed by atoms with Crippen LogP contribution in [-0.4, -0.2) is 50.0 Å². The van der Waals surface area contributed by atoms with Crippen LogP contribution in [0.2, 0.25) is 0 Å². The lowest BCUT2D eigenvalue weighted by atomic mass is 9.73. The van der Waals surface area contributed by atoms with Gasteiger partial charge >= 0.3 is 5.97 Å². The zero-order valence-corrected chi connectivity index (χ0v) is 41.9. The van der Waals surface area contributed by atoms with Crippen molar-refractivity contribution in [3.8, 4) is 0 Å². The molecule has 0 saturated carbocycles. The maximum atomic E-state index is 13.4. The minimum atomic E-state index is -1.35. The monoisotopic (exact) mass is 868 g/mol. The molecule has 6 heteroatoms. The Bertz CT molecular complexity index is 841. The van der Waals surface area contributed by atoms with Gasteiger partial charge in [-0.1, -0.05) is 290 Å². The van der Waals surface area contributed by atoms with Crippen LogP contribution < -0.4 is 5.73 Å². The lowest BCUT2D eigenvalue weighted by Gasteiger charge is -2.46. The summed E-state index contributed by atoms with van der Waals surface area (Å²) in [6.07, 6.45) is 55.3. The number of rotatable bonds is 51. The van der Waals surface area contributed by atoms with Crippen molar-refractivity contribution in [2.75, 3.05) is 12.4 Å². The zero-order chi connectivity index (χ0) is 44.1. The minimum Gasteiger partial charge on any atom is -0.480 e. The number of unbranched alkanes of at least 4 members (excludes halogenated alkanes) is 39. The van der Waals surface area contributed by atoms with Crippen molar-refractivity contribution in [2.24, 2.45) is 5.73 Å². The number of hydrogen-bond acceptors (Lipinski definition) is 5. The Morgan fingerprint density at radius 3 is 0.850 bits per heavy atom. The molecule has 0 fully saturated rings. The number of carboxylic acids is 1. The van der Waals surface area contributed by atoms with E-state index < -0.39 is 22.4 Å². The highest BCUT2D eigenvalue weighted by molar-refractivity contribution is 8.00. The molecule has 0 aromatic carbocycles.